The molecule has 2 aromatic heterocycles. The number of aromatic nitrogens is 3. The molecule has 1 N–H and O–H groups in total. The number of nitrogens with zero attached hydrogens (tertiary/aromatic N) is 5. The van der Waals surface area contributed by atoms with Gasteiger partial charge in [0.1, 0.15) is 10.8 Å². The van der Waals surface area contributed by atoms with Crippen LogP contribution in [0.4, 0.5) is 4.79 Å². The maximum absolute atomic E-state index is 13.1. The van der Waals surface area contributed by atoms with Crippen LogP contribution in [0.1, 0.15) is 49.7 Å². The quantitative estimate of drug-likeness (QED) is 0.866. The number of piperazine rings is 1. The lowest BCUT2D eigenvalue weighted by Gasteiger charge is -2.45. The van der Waals surface area contributed by atoms with Crippen molar-refractivity contribution in [1.29, 1.82) is 0 Å². The highest BCUT2D eigenvalue weighted by molar-refractivity contribution is 6.29. The van der Waals surface area contributed by atoms with Gasteiger partial charge in [-0.15, -0.1) is 0 Å². The smallest absolute Gasteiger partial charge is 0.407 e. The van der Waals surface area contributed by atoms with E-state index in [0.29, 0.717) is 17.3 Å². The molecule has 9 heteroatoms. The summed E-state index contributed by atoms with van der Waals surface area (Å²) in [7, 11) is 0. The maximum Gasteiger partial charge on any atom is 0.407 e. The molecule has 2 aromatic rings. The zero-order valence-corrected chi connectivity index (χ0v) is 16.0. The Morgan fingerprint density at radius 1 is 1.31 bits per heavy atom. The van der Waals surface area contributed by atoms with Gasteiger partial charge in [0.25, 0.3) is 5.91 Å². The molecule has 140 valence electrons. The van der Waals surface area contributed by atoms with E-state index in [9.17, 15) is 14.7 Å². The van der Waals surface area contributed by atoms with Crippen molar-refractivity contribution < 1.29 is 14.7 Å². The zero-order chi connectivity index (χ0) is 19.2. The third-order valence-electron chi connectivity index (χ3n) is 4.68. The van der Waals surface area contributed by atoms with E-state index < -0.39 is 11.6 Å². The van der Waals surface area contributed by atoms with Crippen LogP contribution in [0.3, 0.4) is 0 Å². The molecule has 26 heavy (non-hydrogen) atoms. The minimum Gasteiger partial charge on any atom is -0.465 e. The molecule has 0 spiro atoms. The molecule has 0 bridgehead atoms. The highest BCUT2D eigenvalue weighted by Gasteiger charge is 2.39. The minimum atomic E-state index is -0.974. The second-order valence-electron chi connectivity index (χ2n) is 7.44. The van der Waals surface area contributed by atoms with E-state index in [1.54, 1.807) is 17.2 Å². The van der Waals surface area contributed by atoms with Gasteiger partial charge in [0.2, 0.25) is 0 Å². The van der Waals surface area contributed by atoms with Crippen LogP contribution in [0.5, 0.6) is 0 Å². The molecule has 0 saturated carbocycles. The number of amides is 2. The predicted octanol–water partition coefficient (Wildman–Crippen LogP) is 2.72. The number of carbonyl (C=O) groups excluding carboxylic acids is 1. The van der Waals surface area contributed by atoms with Gasteiger partial charge in [0.05, 0.1) is 11.7 Å². The van der Waals surface area contributed by atoms with Crippen LogP contribution in [-0.2, 0) is 0 Å². The Labute approximate surface area is 156 Å². The summed E-state index contributed by atoms with van der Waals surface area (Å²) in [6.07, 6.45) is 0.605. The van der Waals surface area contributed by atoms with E-state index in [-0.39, 0.29) is 30.6 Å². The lowest BCUT2D eigenvalue weighted by Crippen LogP contribution is -2.61. The molecule has 1 aliphatic heterocycles. The van der Waals surface area contributed by atoms with Gasteiger partial charge in [-0.25, -0.2) is 14.3 Å². The summed E-state index contributed by atoms with van der Waals surface area (Å²) in [5, 5.41) is 13.7. The number of imidazole rings is 1. The number of carbonyl (C=O) groups is 2. The molecule has 0 atom stereocenters. The van der Waals surface area contributed by atoms with Crippen molar-refractivity contribution in [2.75, 3.05) is 19.6 Å². The van der Waals surface area contributed by atoms with Gasteiger partial charge in [-0.3, -0.25) is 4.79 Å². The van der Waals surface area contributed by atoms with Crippen LogP contribution in [-0.4, -0.2) is 66.7 Å². The van der Waals surface area contributed by atoms with Gasteiger partial charge in [-0.1, -0.05) is 25.4 Å². The lowest BCUT2D eigenvalue weighted by atomic mass is 9.98. The van der Waals surface area contributed by atoms with E-state index >= 15 is 0 Å². The Morgan fingerprint density at radius 2 is 2.00 bits per heavy atom. The van der Waals surface area contributed by atoms with Gasteiger partial charge < -0.3 is 14.9 Å². The Bertz CT molecular complexity index is 877. The normalized spacial score (nSPS) is 17.2. The topological polar surface area (TPSA) is 91.0 Å². The lowest BCUT2D eigenvalue weighted by molar-refractivity contribution is 0.0196. The summed E-state index contributed by atoms with van der Waals surface area (Å²) >= 11 is 6.08. The fourth-order valence-corrected chi connectivity index (χ4v) is 3.53. The molecule has 0 unspecified atom stereocenters. The Kier molecular flexibility index (Phi) is 4.56. The number of fused-ring (bicyclic) bond motifs is 1. The highest BCUT2D eigenvalue weighted by Crippen LogP contribution is 2.26. The molecule has 0 radical (unpaired) electrons. The van der Waals surface area contributed by atoms with Crippen LogP contribution < -0.4 is 0 Å². The fraction of sp³-hybridized carbons (Fsp3) is 0.529. The molecule has 1 saturated heterocycles. The average Bonchev–Trinajstić information content (AvgIpc) is 2.95. The van der Waals surface area contributed by atoms with E-state index in [2.05, 4.69) is 10.1 Å². The number of rotatable bonds is 2. The number of hydrogen-bond donors (Lipinski definition) is 1. The monoisotopic (exact) mass is 379 g/mol. The van der Waals surface area contributed by atoms with E-state index in [4.69, 9.17) is 11.6 Å². The molecule has 0 aliphatic carbocycles. The first-order valence-electron chi connectivity index (χ1n) is 8.46. The van der Waals surface area contributed by atoms with Crippen LogP contribution in [0, 0.1) is 0 Å². The summed E-state index contributed by atoms with van der Waals surface area (Å²) in [5.41, 5.74) is 1.17. The van der Waals surface area contributed by atoms with Crippen molar-refractivity contribution in [1.82, 2.24) is 24.4 Å². The van der Waals surface area contributed by atoms with Crippen molar-refractivity contribution in [3.63, 3.8) is 0 Å². The summed E-state index contributed by atoms with van der Waals surface area (Å²) < 4.78 is 1.53. The first-order chi connectivity index (χ1) is 12.1. The van der Waals surface area contributed by atoms with E-state index in [0.717, 1.165) is 5.56 Å². The van der Waals surface area contributed by atoms with E-state index in [1.165, 1.54) is 9.42 Å². The molecule has 1 aliphatic rings. The molecule has 2 amide bonds. The summed E-state index contributed by atoms with van der Waals surface area (Å²) in [5.74, 6) is -0.0599. The molecule has 8 nitrogen and oxygen atoms in total. The van der Waals surface area contributed by atoms with Crippen LogP contribution in [0.25, 0.3) is 5.65 Å². The first kappa shape index (κ1) is 18.4. The maximum atomic E-state index is 13.1. The average molecular weight is 380 g/mol. The van der Waals surface area contributed by atoms with Crippen molar-refractivity contribution in [2.24, 2.45) is 0 Å². The largest absolute Gasteiger partial charge is 0.465 e. The zero-order valence-electron chi connectivity index (χ0n) is 15.2. The molecular weight excluding hydrogens is 358 g/mol. The molecule has 1 fully saturated rings. The molecule has 0 aromatic carbocycles. The number of halogens is 1. The van der Waals surface area contributed by atoms with Crippen LogP contribution in [0.15, 0.2) is 12.3 Å². The summed E-state index contributed by atoms with van der Waals surface area (Å²) in [6.45, 7) is 8.60. The van der Waals surface area contributed by atoms with Gasteiger partial charge in [-0.2, -0.15) is 5.10 Å². The first-order valence-corrected chi connectivity index (χ1v) is 8.83. The number of carboxylic acid groups (broad SMARTS) is 1. The third-order valence-corrected chi connectivity index (χ3v) is 4.87. The SMILES string of the molecule is CC(C)c1cc(Cl)nn2cc(C(=O)N3CCN(C(=O)O)CC3(C)C)nc12. The van der Waals surface area contributed by atoms with Gasteiger partial charge in [0.15, 0.2) is 5.65 Å². The van der Waals surface area contributed by atoms with Crippen molar-refractivity contribution in [3.8, 4) is 0 Å². The van der Waals surface area contributed by atoms with Gasteiger partial charge in [-0.05, 0) is 25.8 Å². The number of hydrogen-bond acceptors (Lipinski definition) is 4. The van der Waals surface area contributed by atoms with Gasteiger partial charge in [0, 0.05) is 25.2 Å². The van der Waals surface area contributed by atoms with Crippen molar-refractivity contribution >= 4 is 29.2 Å². The van der Waals surface area contributed by atoms with Crippen molar-refractivity contribution in [3.05, 3.63) is 28.7 Å². The third kappa shape index (κ3) is 3.21. The van der Waals surface area contributed by atoms with Crippen LogP contribution >= 0.6 is 11.6 Å². The summed E-state index contributed by atoms with van der Waals surface area (Å²) in [6, 6.07) is 1.76. The van der Waals surface area contributed by atoms with E-state index in [1.807, 2.05) is 27.7 Å². The van der Waals surface area contributed by atoms with Gasteiger partial charge >= 0.3 is 6.09 Å². The predicted molar refractivity (Wildman–Crippen MR) is 96.8 cm³/mol. The van der Waals surface area contributed by atoms with Crippen molar-refractivity contribution in [2.45, 2.75) is 39.2 Å². The Balaban J connectivity index is 1.95. The van der Waals surface area contributed by atoms with Crippen LogP contribution in [0.2, 0.25) is 5.15 Å². The summed E-state index contributed by atoms with van der Waals surface area (Å²) in [4.78, 5) is 31.8. The molecule has 3 rings (SSSR count). The Morgan fingerprint density at radius 3 is 2.58 bits per heavy atom. The molecule has 3 heterocycles. The highest BCUT2D eigenvalue weighted by atomic mass is 35.5. The fourth-order valence-electron chi connectivity index (χ4n) is 3.33. The molecular formula is C17H22ClN5O3. The second-order valence-corrected chi connectivity index (χ2v) is 7.83. The Hall–Kier alpha value is -2.35. The second kappa shape index (κ2) is 6.42. The standard InChI is InChI=1S/C17H22ClN5O3/c1-10(2)11-7-13(18)20-23-8-12(19-14(11)23)15(24)22-6-5-21(16(25)26)9-17(22,3)4/h7-8,10H,5-6,9H2,1-4H3,(H,25,26). The minimum absolute atomic E-state index is 0.180.